The number of benzene rings is 1. The van der Waals surface area contributed by atoms with E-state index in [1.807, 2.05) is 6.07 Å². The summed E-state index contributed by atoms with van der Waals surface area (Å²) in [6.07, 6.45) is 0. The Morgan fingerprint density at radius 1 is 1.05 bits per heavy atom. The zero-order valence-corrected chi connectivity index (χ0v) is 12.4. The summed E-state index contributed by atoms with van der Waals surface area (Å²) in [5.74, 6) is -0.274. The van der Waals surface area contributed by atoms with Crippen LogP contribution in [0.4, 0.5) is 0 Å². The number of amides is 1. The van der Waals surface area contributed by atoms with Gasteiger partial charge in [-0.2, -0.15) is 0 Å². The Kier molecular flexibility index (Phi) is 3.84. The van der Waals surface area contributed by atoms with Crippen LogP contribution < -0.4 is 0 Å². The summed E-state index contributed by atoms with van der Waals surface area (Å²) in [4.78, 5) is 26.0. The van der Waals surface area contributed by atoms with Gasteiger partial charge in [0.05, 0.1) is 11.1 Å². The molecule has 2 unspecified atom stereocenters. The van der Waals surface area contributed by atoms with Crippen LogP contribution in [0.25, 0.3) is 0 Å². The minimum absolute atomic E-state index is 0.141. The molecule has 1 fully saturated rings. The molecule has 1 aromatic carbocycles. The summed E-state index contributed by atoms with van der Waals surface area (Å²) in [5.41, 5.74) is 1.85. The van der Waals surface area contributed by atoms with Crippen molar-refractivity contribution in [1.29, 1.82) is 0 Å². The first-order valence-electron chi connectivity index (χ1n) is 6.95. The number of carbonyl (C=O) groups excluding carboxylic acids is 1. The summed E-state index contributed by atoms with van der Waals surface area (Å²) in [6, 6.07) is 3.57. The monoisotopic (exact) mass is 275 g/mol. The maximum Gasteiger partial charge on any atom is 0.336 e. The second-order valence-electron chi connectivity index (χ2n) is 5.92. The second kappa shape index (κ2) is 5.27. The van der Waals surface area contributed by atoms with E-state index in [0.29, 0.717) is 36.1 Å². The Morgan fingerprint density at radius 2 is 1.50 bits per heavy atom. The van der Waals surface area contributed by atoms with E-state index in [1.165, 1.54) is 0 Å². The van der Waals surface area contributed by atoms with Gasteiger partial charge in [-0.1, -0.05) is 26.0 Å². The molecule has 4 nitrogen and oxygen atoms in total. The van der Waals surface area contributed by atoms with E-state index in [2.05, 4.69) is 13.8 Å². The van der Waals surface area contributed by atoms with Crippen LogP contribution >= 0.6 is 0 Å². The fourth-order valence-electron chi connectivity index (χ4n) is 2.82. The lowest BCUT2D eigenvalue weighted by Gasteiger charge is -2.20. The molecule has 1 saturated heterocycles. The van der Waals surface area contributed by atoms with Crippen molar-refractivity contribution < 1.29 is 14.7 Å². The van der Waals surface area contributed by atoms with Crippen LogP contribution in [0.15, 0.2) is 12.1 Å². The molecule has 1 aliphatic heterocycles. The van der Waals surface area contributed by atoms with E-state index in [4.69, 9.17) is 0 Å². The van der Waals surface area contributed by atoms with Crippen molar-refractivity contribution in [2.45, 2.75) is 27.7 Å². The predicted octanol–water partition coefficient (Wildman–Crippen LogP) is 2.73. The molecule has 1 aliphatic rings. The van der Waals surface area contributed by atoms with Crippen LogP contribution in [-0.4, -0.2) is 35.0 Å². The van der Waals surface area contributed by atoms with Gasteiger partial charge in [0.2, 0.25) is 0 Å². The van der Waals surface area contributed by atoms with E-state index in [-0.39, 0.29) is 11.5 Å². The predicted molar refractivity (Wildman–Crippen MR) is 77.1 cm³/mol. The number of carboxylic acids is 1. The molecule has 0 saturated carbocycles. The Hall–Kier alpha value is -1.84. The van der Waals surface area contributed by atoms with Gasteiger partial charge in [-0.25, -0.2) is 4.79 Å². The second-order valence-corrected chi connectivity index (χ2v) is 5.92. The molecule has 0 aliphatic carbocycles. The van der Waals surface area contributed by atoms with Gasteiger partial charge in [-0.05, 0) is 36.8 Å². The van der Waals surface area contributed by atoms with Crippen molar-refractivity contribution >= 4 is 11.9 Å². The van der Waals surface area contributed by atoms with Gasteiger partial charge in [-0.3, -0.25) is 4.79 Å². The van der Waals surface area contributed by atoms with Crippen LogP contribution in [0.3, 0.4) is 0 Å². The van der Waals surface area contributed by atoms with Crippen molar-refractivity contribution in [3.8, 4) is 0 Å². The van der Waals surface area contributed by atoms with Crippen molar-refractivity contribution in [1.82, 2.24) is 4.90 Å². The summed E-state index contributed by atoms with van der Waals surface area (Å²) >= 11 is 0. The van der Waals surface area contributed by atoms with Crippen molar-refractivity contribution in [3.05, 3.63) is 34.4 Å². The first kappa shape index (κ1) is 14.6. The quantitative estimate of drug-likeness (QED) is 0.903. The van der Waals surface area contributed by atoms with Crippen LogP contribution in [-0.2, 0) is 0 Å². The number of carboxylic acid groups (broad SMARTS) is 1. The number of likely N-dealkylation sites (tertiary alicyclic amines) is 1. The smallest absolute Gasteiger partial charge is 0.336 e. The average Bonchev–Trinajstić information content (AvgIpc) is 2.71. The fraction of sp³-hybridized carbons (Fsp3) is 0.500. The standard InChI is InChI=1S/C16H21NO3/c1-9-5-6-10(2)14(16(19)20)13(9)15(18)17-7-11(3)12(4)8-17/h5-6,11-12H,7-8H2,1-4H3,(H,19,20). The van der Waals surface area contributed by atoms with E-state index in [0.717, 1.165) is 5.56 Å². The first-order chi connectivity index (χ1) is 9.32. The maximum atomic E-state index is 12.7. The highest BCUT2D eigenvalue weighted by Gasteiger charge is 2.32. The van der Waals surface area contributed by atoms with Gasteiger partial charge in [-0.15, -0.1) is 0 Å². The van der Waals surface area contributed by atoms with E-state index >= 15 is 0 Å². The zero-order chi connectivity index (χ0) is 15.0. The third-order valence-electron chi connectivity index (χ3n) is 4.33. The molecule has 0 bridgehead atoms. The summed E-state index contributed by atoms with van der Waals surface area (Å²) < 4.78 is 0. The molecule has 0 radical (unpaired) electrons. The number of nitrogens with zero attached hydrogens (tertiary/aromatic N) is 1. The van der Waals surface area contributed by atoms with Gasteiger partial charge in [0.1, 0.15) is 0 Å². The van der Waals surface area contributed by atoms with Gasteiger partial charge < -0.3 is 10.0 Å². The van der Waals surface area contributed by atoms with Gasteiger partial charge in [0, 0.05) is 13.1 Å². The number of hydrogen-bond acceptors (Lipinski definition) is 2. The average molecular weight is 275 g/mol. The van der Waals surface area contributed by atoms with Gasteiger partial charge >= 0.3 is 5.97 Å². The largest absolute Gasteiger partial charge is 0.478 e. The molecule has 0 spiro atoms. The van der Waals surface area contributed by atoms with Gasteiger partial charge in [0.15, 0.2) is 0 Å². The molecule has 0 aromatic heterocycles. The molecule has 1 aromatic rings. The first-order valence-corrected chi connectivity index (χ1v) is 6.95. The van der Waals surface area contributed by atoms with Crippen molar-refractivity contribution in [2.75, 3.05) is 13.1 Å². The third kappa shape index (κ3) is 2.42. The SMILES string of the molecule is Cc1ccc(C)c(C(=O)N2CC(C)C(C)C2)c1C(=O)O. The van der Waals surface area contributed by atoms with Crippen LogP contribution in [0.5, 0.6) is 0 Å². The maximum absolute atomic E-state index is 12.7. The molecular formula is C16H21NO3. The minimum atomic E-state index is -1.03. The van der Waals surface area contributed by atoms with E-state index in [9.17, 15) is 14.7 Å². The molecule has 1 heterocycles. The topological polar surface area (TPSA) is 57.6 Å². The van der Waals surface area contributed by atoms with Crippen molar-refractivity contribution in [3.63, 3.8) is 0 Å². The highest BCUT2D eigenvalue weighted by molar-refractivity contribution is 6.06. The highest BCUT2D eigenvalue weighted by atomic mass is 16.4. The number of aryl methyl sites for hydroxylation is 2. The Balaban J connectivity index is 2.45. The lowest BCUT2D eigenvalue weighted by atomic mass is 9.96. The van der Waals surface area contributed by atoms with Crippen LogP contribution in [0, 0.1) is 25.7 Å². The molecule has 4 heteroatoms. The number of rotatable bonds is 2. The molecule has 108 valence electrons. The Bertz CT molecular complexity index is 555. The molecule has 20 heavy (non-hydrogen) atoms. The van der Waals surface area contributed by atoms with Crippen molar-refractivity contribution in [2.24, 2.45) is 11.8 Å². The molecule has 1 amide bonds. The minimum Gasteiger partial charge on any atom is -0.478 e. The molecule has 1 N–H and O–H groups in total. The Labute approximate surface area is 119 Å². The lowest BCUT2D eigenvalue weighted by Crippen LogP contribution is -2.31. The molecular weight excluding hydrogens is 254 g/mol. The van der Waals surface area contributed by atoms with Crippen LogP contribution in [0.1, 0.15) is 45.7 Å². The fourth-order valence-corrected chi connectivity index (χ4v) is 2.82. The van der Waals surface area contributed by atoms with Gasteiger partial charge in [0.25, 0.3) is 5.91 Å². The van der Waals surface area contributed by atoms with E-state index < -0.39 is 5.97 Å². The molecule has 2 atom stereocenters. The number of hydrogen-bond donors (Lipinski definition) is 1. The Morgan fingerprint density at radius 3 is 1.95 bits per heavy atom. The van der Waals surface area contributed by atoms with E-state index in [1.54, 1.807) is 24.8 Å². The highest BCUT2D eigenvalue weighted by Crippen LogP contribution is 2.27. The number of aromatic carboxylic acids is 1. The summed E-state index contributed by atoms with van der Waals surface area (Å²) in [5, 5.41) is 9.40. The van der Waals surface area contributed by atoms with Crippen LogP contribution in [0.2, 0.25) is 0 Å². The summed E-state index contributed by atoms with van der Waals surface area (Å²) in [6.45, 7) is 9.17. The summed E-state index contributed by atoms with van der Waals surface area (Å²) in [7, 11) is 0. The number of carbonyl (C=O) groups is 2. The lowest BCUT2D eigenvalue weighted by molar-refractivity contribution is 0.0679. The third-order valence-corrected chi connectivity index (χ3v) is 4.33. The molecule has 2 rings (SSSR count). The normalized spacial score (nSPS) is 22.1. The zero-order valence-electron chi connectivity index (χ0n) is 12.4.